The van der Waals surface area contributed by atoms with Crippen LogP contribution in [0, 0.1) is 13.8 Å². The number of nitrogens with zero attached hydrogens (tertiary/aromatic N) is 2. The normalized spacial score (nSPS) is 12.7. The molecule has 0 radical (unpaired) electrons. The summed E-state index contributed by atoms with van der Waals surface area (Å²) in [6.07, 6.45) is 4.23. The van der Waals surface area contributed by atoms with Crippen molar-refractivity contribution in [3.8, 4) is 0 Å². The van der Waals surface area contributed by atoms with E-state index in [4.69, 9.17) is 11.6 Å². The average molecular weight is 236 g/mol. The van der Waals surface area contributed by atoms with Crippen LogP contribution in [0.4, 0.5) is 0 Å². The molecule has 0 fully saturated rings. The monoisotopic (exact) mass is 235 g/mol. The third-order valence-electron chi connectivity index (χ3n) is 2.53. The summed E-state index contributed by atoms with van der Waals surface area (Å²) in [6.45, 7) is 3.96. The number of H-pyrrole nitrogens is 1. The predicted molar refractivity (Wildman–Crippen MR) is 64.6 cm³/mol. The molecular weight excluding hydrogens is 222 g/mol. The average Bonchev–Trinajstić information content (AvgIpc) is 2.70. The van der Waals surface area contributed by atoms with E-state index < -0.39 is 0 Å². The molecule has 3 nitrogen and oxygen atoms in total. The fourth-order valence-corrected chi connectivity index (χ4v) is 2.09. The molecule has 4 heteroatoms. The third-order valence-corrected chi connectivity index (χ3v) is 2.92. The Labute approximate surface area is 99.9 Å². The van der Waals surface area contributed by atoms with Gasteiger partial charge in [0.1, 0.15) is 5.82 Å². The number of hydrogen-bond donors (Lipinski definition) is 1. The van der Waals surface area contributed by atoms with Gasteiger partial charge in [-0.25, -0.2) is 4.98 Å². The minimum Gasteiger partial charge on any atom is -0.349 e. The van der Waals surface area contributed by atoms with Crippen LogP contribution < -0.4 is 0 Å². The van der Waals surface area contributed by atoms with E-state index >= 15 is 0 Å². The number of aromatic nitrogens is 3. The molecule has 0 aliphatic heterocycles. The molecule has 16 heavy (non-hydrogen) atoms. The number of halogens is 1. The Hall–Kier alpha value is -1.35. The summed E-state index contributed by atoms with van der Waals surface area (Å²) in [4.78, 5) is 11.6. The van der Waals surface area contributed by atoms with Gasteiger partial charge in [0.2, 0.25) is 0 Å². The summed E-state index contributed by atoms with van der Waals surface area (Å²) in [5, 5.41) is -0.0840. The zero-order valence-corrected chi connectivity index (χ0v) is 10.1. The fourth-order valence-electron chi connectivity index (χ4n) is 1.72. The summed E-state index contributed by atoms with van der Waals surface area (Å²) in [6, 6.07) is 4.03. The second-order valence-corrected chi connectivity index (χ2v) is 4.36. The Bertz CT molecular complexity index is 465. The fraction of sp³-hybridized carbons (Fsp3) is 0.333. The lowest BCUT2D eigenvalue weighted by atomic mass is 10.1. The molecular formula is C12H14ClN3. The summed E-state index contributed by atoms with van der Waals surface area (Å²) < 4.78 is 0. The van der Waals surface area contributed by atoms with Crippen LogP contribution in [0.1, 0.15) is 28.2 Å². The van der Waals surface area contributed by atoms with Crippen molar-refractivity contribution in [2.45, 2.75) is 25.6 Å². The highest BCUT2D eigenvalue weighted by Crippen LogP contribution is 2.25. The molecule has 0 aliphatic rings. The number of alkyl halides is 1. The Morgan fingerprint density at radius 1 is 1.38 bits per heavy atom. The van der Waals surface area contributed by atoms with Crippen LogP contribution in [-0.2, 0) is 6.42 Å². The van der Waals surface area contributed by atoms with Gasteiger partial charge in [-0.2, -0.15) is 0 Å². The molecule has 84 valence electrons. The Morgan fingerprint density at radius 3 is 2.81 bits per heavy atom. The zero-order chi connectivity index (χ0) is 11.5. The molecule has 2 rings (SSSR count). The molecule has 0 saturated heterocycles. The molecule has 1 atom stereocenters. The molecule has 2 aromatic heterocycles. The second-order valence-electron chi connectivity index (χ2n) is 3.83. The van der Waals surface area contributed by atoms with Crippen LogP contribution in [0.5, 0.6) is 0 Å². The summed E-state index contributed by atoms with van der Waals surface area (Å²) in [5.74, 6) is 0.903. The second kappa shape index (κ2) is 4.66. The summed E-state index contributed by atoms with van der Waals surface area (Å²) in [5.41, 5.74) is 3.08. The Kier molecular flexibility index (Phi) is 3.25. The van der Waals surface area contributed by atoms with E-state index in [9.17, 15) is 0 Å². The van der Waals surface area contributed by atoms with E-state index in [-0.39, 0.29) is 5.38 Å². The van der Waals surface area contributed by atoms with Crippen molar-refractivity contribution in [3.05, 3.63) is 47.3 Å². The maximum absolute atomic E-state index is 6.36. The first-order valence-electron chi connectivity index (χ1n) is 5.23. The van der Waals surface area contributed by atoms with Crippen molar-refractivity contribution in [2.75, 3.05) is 0 Å². The van der Waals surface area contributed by atoms with E-state index in [2.05, 4.69) is 15.0 Å². The van der Waals surface area contributed by atoms with Crippen molar-refractivity contribution in [2.24, 2.45) is 0 Å². The number of hydrogen-bond acceptors (Lipinski definition) is 2. The molecule has 1 unspecified atom stereocenters. The highest BCUT2D eigenvalue weighted by Gasteiger charge is 2.13. The lowest BCUT2D eigenvalue weighted by Crippen LogP contribution is -2.02. The van der Waals surface area contributed by atoms with Gasteiger partial charge in [0, 0.05) is 30.2 Å². The Balaban J connectivity index is 2.17. The van der Waals surface area contributed by atoms with Gasteiger partial charge < -0.3 is 4.98 Å². The van der Waals surface area contributed by atoms with Crippen molar-refractivity contribution in [1.29, 1.82) is 0 Å². The highest BCUT2D eigenvalue weighted by molar-refractivity contribution is 6.21. The molecule has 1 N–H and O–H groups in total. The molecule has 0 saturated carbocycles. The van der Waals surface area contributed by atoms with Crippen molar-refractivity contribution in [3.63, 3.8) is 0 Å². The van der Waals surface area contributed by atoms with Crippen molar-refractivity contribution >= 4 is 11.6 Å². The van der Waals surface area contributed by atoms with Gasteiger partial charge in [-0.05, 0) is 25.5 Å². The van der Waals surface area contributed by atoms with Crippen molar-refractivity contribution < 1.29 is 0 Å². The van der Waals surface area contributed by atoms with Gasteiger partial charge in [0.25, 0.3) is 0 Å². The standard InChI is InChI=1S/C12H14ClN3/c1-8-3-4-10(9(2)16-8)11(13)7-12-14-5-6-15-12/h3-6,11H,7H2,1-2H3,(H,14,15). The molecule has 0 aliphatic carbocycles. The van der Waals surface area contributed by atoms with Crippen LogP contribution in [0.2, 0.25) is 0 Å². The Morgan fingerprint density at radius 2 is 2.19 bits per heavy atom. The van der Waals surface area contributed by atoms with Crippen LogP contribution in [-0.4, -0.2) is 15.0 Å². The molecule has 0 amide bonds. The number of imidazole rings is 1. The lowest BCUT2D eigenvalue weighted by Gasteiger charge is -2.11. The number of aryl methyl sites for hydroxylation is 2. The summed E-state index contributed by atoms with van der Waals surface area (Å²) >= 11 is 6.36. The van der Waals surface area contributed by atoms with Crippen LogP contribution in [0.15, 0.2) is 24.5 Å². The quantitative estimate of drug-likeness (QED) is 0.832. The smallest absolute Gasteiger partial charge is 0.107 e. The third kappa shape index (κ3) is 2.42. The molecule has 2 heterocycles. The van der Waals surface area contributed by atoms with E-state index in [1.807, 2.05) is 26.0 Å². The van der Waals surface area contributed by atoms with Gasteiger partial charge in [-0.1, -0.05) is 6.07 Å². The van der Waals surface area contributed by atoms with E-state index in [0.717, 1.165) is 22.8 Å². The number of rotatable bonds is 3. The van der Waals surface area contributed by atoms with E-state index in [1.165, 1.54) is 0 Å². The van der Waals surface area contributed by atoms with Crippen LogP contribution in [0.3, 0.4) is 0 Å². The topological polar surface area (TPSA) is 41.6 Å². The first-order chi connectivity index (χ1) is 7.66. The minimum atomic E-state index is -0.0840. The van der Waals surface area contributed by atoms with Gasteiger partial charge in [-0.15, -0.1) is 11.6 Å². The highest BCUT2D eigenvalue weighted by atomic mass is 35.5. The number of pyridine rings is 1. The van der Waals surface area contributed by atoms with Gasteiger partial charge in [0.05, 0.1) is 5.38 Å². The van der Waals surface area contributed by atoms with Crippen LogP contribution in [0.25, 0.3) is 0 Å². The largest absolute Gasteiger partial charge is 0.349 e. The van der Waals surface area contributed by atoms with Gasteiger partial charge in [0.15, 0.2) is 0 Å². The molecule has 2 aromatic rings. The molecule has 0 spiro atoms. The summed E-state index contributed by atoms with van der Waals surface area (Å²) in [7, 11) is 0. The molecule has 0 aromatic carbocycles. The van der Waals surface area contributed by atoms with Crippen molar-refractivity contribution in [1.82, 2.24) is 15.0 Å². The first kappa shape index (κ1) is 11.1. The zero-order valence-electron chi connectivity index (χ0n) is 9.37. The SMILES string of the molecule is Cc1ccc(C(Cl)Cc2ncc[nH]2)c(C)n1. The molecule has 0 bridgehead atoms. The number of nitrogens with one attached hydrogen (secondary N) is 1. The maximum Gasteiger partial charge on any atom is 0.107 e. The van der Waals surface area contributed by atoms with Gasteiger partial charge in [-0.3, -0.25) is 4.98 Å². The minimum absolute atomic E-state index is 0.0840. The van der Waals surface area contributed by atoms with E-state index in [0.29, 0.717) is 6.42 Å². The number of aromatic amines is 1. The predicted octanol–water partition coefficient (Wildman–Crippen LogP) is 2.94. The lowest BCUT2D eigenvalue weighted by molar-refractivity contribution is 0.838. The first-order valence-corrected chi connectivity index (χ1v) is 5.67. The van der Waals surface area contributed by atoms with Gasteiger partial charge >= 0.3 is 0 Å². The van der Waals surface area contributed by atoms with Crippen LogP contribution >= 0.6 is 11.6 Å². The van der Waals surface area contributed by atoms with E-state index in [1.54, 1.807) is 12.4 Å². The maximum atomic E-state index is 6.36.